The predicted octanol–water partition coefficient (Wildman–Crippen LogP) is 0.553. The van der Waals surface area contributed by atoms with Crippen LogP contribution in [0.3, 0.4) is 0 Å². The predicted molar refractivity (Wildman–Crippen MR) is 48.2 cm³/mol. The highest BCUT2D eigenvalue weighted by Crippen LogP contribution is 2.23. The smallest absolute Gasteiger partial charge is 0.423 e. The normalized spacial score (nSPS) is 16.1. The first-order valence-electron chi connectivity index (χ1n) is 4.25. The van der Waals surface area contributed by atoms with Crippen molar-refractivity contribution in [2.45, 2.75) is 18.9 Å². The van der Waals surface area contributed by atoms with Crippen molar-refractivity contribution in [3.05, 3.63) is 30.3 Å². The van der Waals surface area contributed by atoms with Gasteiger partial charge < -0.3 is 9.68 Å². The summed E-state index contributed by atoms with van der Waals surface area (Å²) in [6.45, 7) is 0. The highest BCUT2D eigenvalue weighted by Gasteiger charge is 2.28. The Hall–Kier alpha value is -0.795. The number of rotatable bonds is 3. The van der Waals surface area contributed by atoms with Gasteiger partial charge in [-0.2, -0.15) is 0 Å². The van der Waals surface area contributed by atoms with E-state index in [0.29, 0.717) is 6.10 Å². The van der Waals surface area contributed by atoms with E-state index < -0.39 is 7.12 Å². The van der Waals surface area contributed by atoms with Gasteiger partial charge in [0.1, 0.15) is 0 Å². The molecular formula is C9H11BO2. The SMILES string of the molecule is OB(OC1CC1)c1ccccc1. The molecule has 12 heavy (non-hydrogen) atoms. The van der Waals surface area contributed by atoms with Crippen LogP contribution in [0.2, 0.25) is 0 Å². The number of hydrogen-bond acceptors (Lipinski definition) is 2. The largest absolute Gasteiger partial charge is 0.491 e. The first-order valence-corrected chi connectivity index (χ1v) is 4.25. The lowest BCUT2D eigenvalue weighted by atomic mass is 9.80. The molecule has 3 heteroatoms. The summed E-state index contributed by atoms with van der Waals surface area (Å²) in [5.74, 6) is 0. The molecule has 0 heterocycles. The molecule has 0 saturated heterocycles. The summed E-state index contributed by atoms with van der Waals surface area (Å²) in [4.78, 5) is 0. The van der Waals surface area contributed by atoms with Crippen LogP contribution in [0, 0.1) is 0 Å². The van der Waals surface area contributed by atoms with Crippen LogP contribution in [-0.4, -0.2) is 18.2 Å². The maximum Gasteiger partial charge on any atom is 0.491 e. The summed E-state index contributed by atoms with van der Waals surface area (Å²) in [7, 11) is -0.737. The van der Waals surface area contributed by atoms with Crippen molar-refractivity contribution < 1.29 is 9.68 Å². The van der Waals surface area contributed by atoms with Crippen LogP contribution in [0.5, 0.6) is 0 Å². The van der Waals surface area contributed by atoms with E-state index in [2.05, 4.69) is 0 Å². The summed E-state index contributed by atoms with van der Waals surface area (Å²) in [5, 5.41) is 9.51. The molecule has 0 atom stereocenters. The molecule has 1 saturated carbocycles. The van der Waals surface area contributed by atoms with E-state index in [9.17, 15) is 5.02 Å². The Balaban J connectivity index is 1.98. The maximum atomic E-state index is 9.51. The first-order chi connectivity index (χ1) is 5.86. The van der Waals surface area contributed by atoms with Gasteiger partial charge in [0.25, 0.3) is 0 Å². The van der Waals surface area contributed by atoms with E-state index in [-0.39, 0.29) is 0 Å². The first kappa shape index (κ1) is 7.83. The van der Waals surface area contributed by atoms with E-state index in [1.165, 1.54) is 0 Å². The van der Waals surface area contributed by atoms with Crippen LogP contribution in [0.15, 0.2) is 30.3 Å². The minimum absolute atomic E-state index is 0.292. The topological polar surface area (TPSA) is 29.5 Å². The molecule has 0 amide bonds. The van der Waals surface area contributed by atoms with Crippen LogP contribution in [-0.2, 0) is 4.65 Å². The molecule has 1 aliphatic rings. The summed E-state index contributed by atoms with van der Waals surface area (Å²) < 4.78 is 5.30. The van der Waals surface area contributed by atoms with Crippen molar-refractivity contribution in [3.63, 3.8) is 0 Å². The van der Waals surface area contributed by atoms with E-state index in [1.807, 2.05) is 30.3 Å². The Morgan fingerprint density at radius 1 is 1.25 bits per heavy atom. The van der Waals surface area contributed by atoms with Crippen molar-refractivity contribution in [2.75, 3.05) is 0 Å². The van der Waals surface area contributed by atoms with Crippen molar-refractivity contribution in [1.82, 2.24) is 0 Å². The average molecular weight is 162 g/mol. The standard InChI is InChI=1S/C9H11BO2/c11-10(12-9-6-7-9)8-4-2-1-3-5-8/h1-5,9,11H,6-7H2. The quantitative estimate of drug-likeness (QED) is 0.657. The van der Waals surface area contributed by atoms with Gasteiger partial charge in [-0.25, -0.2) is 0 Å². The third-order valence-electron chi connectivity index (χ3n) is 1.93. The molecular weight excluding hydrogens is 151 g/mol. The van der Waals surface area contributed by atoms with Gasteiger partial charge in [0.15, 0.2) is 0 Å². The highest BCUT2D eigenvalue weighted by molar-refractivity contribution is 6.60. The van der Waals surface area contributed by atoms with Gasteiger partial charge in [-0.3, -0.25) is 0 Å². The monoisotopic (exact) mass is 162 g/mol. The molecule has 0 radical (unpaired) electrons. The molecule has 62 valence electrons. The Morgan fingerprint density at radius 2 is 1.92 bits per heavy atom. The molecule has 0 unspecified atom stereocenters. The summed E-state index contributed by atoms with van der Waals surface area (Å²) in [5.41, 5.74) is 0.837. The van der Waals surface area contributed by atoms with Crippen LogP contribution in [0.25, 0.3) is 0 Å². The Kier molecular flexibility index (Phi) is 2.15. The Bertz CT molecular complexity index is 246. The molecule has 1 aromatic carbocycles. The fourth-order valence-corrected chi connectivity index (χ4v) is 1.08. The maximum absolute atomic E-state index is 9.51. The van der Waals surface area contributed by atoms with Gasteiger partial charge in [-0.05, 0) is 18.3 Å². The van der Waals surface area contributed by atoms with E-state index in [4.69, 9.17) is 4.65 Å². The van der Waals surface area contributed by atoms with Crippen LogP contribution >= 0.6 is 0 Å². The van der Waals surface area contributed by atoms with E-state index in [0.717, 1.165) is 18.3 Å². The molecule has 0 spiro atoms. The van der Waals surface area contributed by atoms with Gasteiger partial charge in [-0.1, -0.05) is 30.3 Å². The van der Waals surface area contributed by atoms with Gasteiger partial charge >= 0.3 is 7.12 Å². The fourth-order valence-electron chi connectivity index (χ4n) is 1.08. The third-order valence-corrected chi connectivity index (χ3v) is 1.93. The number of hydrogen-bond donors (Lipinski definition) is 1. The molecule has 1 aliphatic carbocycles. The zero-order valence-corrected chi connectivity index (χ0v) is 6.81. The molecule has 1 N–H and O–H groups in total. The zero-order valence-electron chi connectivity index (χ0n) is 6.81. The van der Waals surface area contributed by atoms with Crippen molar-refractivity contribution in [3.8, 4) is 0 Å². The van der Waals surface area contributed by atoms with Crippen LogP contribution in [0.1, 0.15) is 12.8 Å². The molecule has 1 aromatic rings. The average Bonchev–Trinajstić information content (AvgIpc) is 2.90. The van der Waals surface area contributed by atoms with Crippen molar-refractivity contribution in [1.29, 1.82) is 0 Å². The Morgan fingerprint density at radius 3 is 2.50 bits per heavy atom. The molecule has 0 aliphatic heterocycles. The van der Waals surface area contributed by atoms with Crippen molar-refractivity contribution >= 4 is 12.6 Å². The summed E-state index contributed by atoms with van der Waals surface area (Å²) in [6, 6.07) is 9.46. The van der Waals surface area contributed by atoms with E-state index >= 15 is 0 Å². The van der Waals surface area contributed by atoms with Gasteiger partial charge in [0.05, 0.1) is 0 Å². The second-order valence-electron chi connectivity index (χ2n) is 3.10. The lowest BCUT2D eigenvalue weighted by molar-refractivity contribution is 0.257. The van der Waals surface area contributed by atoms with Gasteiger partial charge in [0, 0.05) is 6.10 Å². The Labute approximate surface area is 72.3 Å². The zero-order chi connectivity index (χ0) is 8.39. The second kappa shape index (κ2) is 3.29. The highest BCUT2D eigenvalue weighted by atomic mass is 16.5. The van der Waals surface area contributed by atoms with Crippen LogP contribution < -0.4 is 5.46 Å². The second-order valence-corrected chi connectivity index (χ2v) is 3.10. The summed E-state index contributed by atoms with van der Waals surface area (Å²) in [6.07, 6.45) is 2.47. The van der Waals surface area contributed by atoms with Crippen molar-refractivity contribution in [2.24, 2.45) is 0 Å². The molecule has 2 nitrogen and oxygen atoms in total. The molecule has 0 bridgehead atoms. The van der Waals surface area contributed by atoms with E-state index in [1.54, 1.807) is 0 Å². The van der Waals surface area contributed by atoms with Gasteiger partial charge in [0.2, 0.25) is 0 Å². The molecule has 2 rings (SSSR count). The lowest BCUT2D eigenvalue weighted by Gasteiger charge is -2.05. The van der Waals surface area contributed by atoms with Crippen LogP contribution in [0.4, 0.5) is 0 Å². The fraction of sp³-hybridized carbons (Fsp3) is 0.333. The van der Waals surface area contributed by atoms with Gasteiger partial charge in [-0.15, -0.1) is 0 Å². The molecule has 1 fully saturated rings. The summed E-state index contributed by atoms with van der Waals surface area (Å²) >= 11 is 0. The minimum Gasteiger partial charge on any atom is -0.423 e. The lowest BCUT2D eigenvalue weighted by Crippen LogP contribution is -2.34. The third kappa shape index (κ3) is 1.87. The number of benzene rings is 1. The molecule has 0 aromatic heterocycles. The minimum atomic E-state index is -0.737.